The molecule has 0 spiro atoms. The molecule has 1 unspecified atom stereocenters. The van der Waals surface area contributed by atoms with Gasteiger partial charge in [0.05, 0.1) is 11.6 Å². The maximum atomic E-state index is 13.9. The van der Waals surface area contributed by atoms with Gasteiger partial charge in [0.15, 0.2) is 0 Å². The lowest BCUT2D eigenvalue weighted by atomic mass is 9.94. The summed E-state index contributed by atoms with van der Waals surface area (Å²) in [4.78, 5) is 30.4. The first-order valence-electron chi connectivity index (χ1n) is 12.7. The zero-order valence-corrected chi connectivity index (χ0v) is 22.0. The SMILES string of the molecule is CCN(CC)c1ccc(C2/C(=C(/O)c3ccc(F)c(C)c3)C(=O)C(=O)N2c2ccc(C(C)C)cc2)cc1. The summed E-state index contributed by atoms with van der Waals surface area (Å²) in [6.45, 7) is 11.6. The van der Waals surface area contributed by atoms with Crippen molar-refractivity contribution in [3.05, 3.63) is 100 Å². The van der Waals surface area contributed by atoms with Crippen molar-refractivity contribution < 1.29 is 19.1 Å². The van der Waals surface area contributed by atoms with Crippen molar-refractivity contribution in [2.24, 2.45) is 0 Å². The van der Waals surface area contributed by atoms with E-state index in [1.807, 2.05) is 48.5 Å². The Kier molecular flexibility index (Phi) is 7.48. The molecule has 0 aliphatic carbocycles. The van der Waals surface area contributed by atoms with Crippen LogP contribution in [0.5, 0.6) is 0 Å². The Morgan fingerprint density at radius 1 is 0.973 bits per heavy atom. The molecule has 192 valence electrons. The number of carbonyl (C=O) groups is 2. The third-order valence-corrected chi connectivity index (χ3v) is 7.05. The largest absolute Gasteiger partial charge is 0.507 e. The van der Waals surface area contributed by atoms with E-state index in [9.17, 15) is 19.1 Å². The molecule has 0 bridgehead atoms. The number of hydrogen-bond acceptors (Lipinski definition) is 4. The predicted molar refractivity (Wildman–Crippen MR) is 146 cm³/mol. The Hall–Kier alpha value is -3.93. The average Bonchev–Trinajstić information content (AvgIpc) is 3.16. The van der Waals surface area contributed by atoms with E-state index in [4.69, 9.17) is 0 Å². The molecule has 1 amide bonds. The topological polar surface area (TPSA) is 60.9 Å². The maximum Gasteiger partial charge on any atom is 0.300 e. The molecule has 1 fully saturated rings. The summed E-state index contributed by atoms with van der Waals surface area (Å²) in [6, 6.07) is 18.6. The molecule has 3 aromatic carbocycles. The fourth-order valence-corrected chi connectivity index (χ4v) is 4.84. The molecule has 1 saturated heterocycles. The Morgan fingerprint density at radius 2 is 1.59 bits per heavy atom. The fourth-order valence-electron chi connectivity index (χ4n) is 4.84. The minimum Gasteiger partial charge on any atom is -0.507 e. The van der Waals surface area contributed by atoms with E-state index >= 15 is 0 Å². The van der Waals surface area contributed by atoms with Gasteiger partial charge in [-0.25, -0.2) is 4.39 Å². The first kappa shape index (κ1) is 26.1. The quantitative estimate of drug-likeness (QED) is 0.222. The van der Waals surface area contributed by atoms with E-state index in [0.29, 0.717) is 22.7 Å². The van der Waals surface area contributed by atoms with Crippen molar-refractivity contribution in [1.29, 1.82) is 0 Å². The Morgan fingerprint density at radius 3 is 2.14 bits per heavy atom. The minimum absolute atomic E-state index is 0.0143. The molecule has 1 aliphatic rings. The van der Waals surface area contributed by atoms with Gasteiger partial charge in [-0.3, -0.25) is 14.5 Å². The fraction of sp³-hybridized carbons (Fsp3) is 0.290. The highest BCUT2D eigenvalue weighted by Gasteiger charge is 2.47. The summed E-state index contributed by atoms with van der Waals surface area (Å²) in [6.07, 6.45) is 0. The zero-order chi connectivity index (χ0) is 26.9. The number of Topliss-reactive ketones (excluding diaryl/α,β-unsaturated/α-hetero) is 1. The third kappa shape index (κ3) is 4.88. The highest BCUT2D eigenvalue weighted by molar-refractivity contribution is 6.51. The number of ketones is 1. The number of rotatable bonds is 7. The summed E-state index contributed by atoms with van der Waals surface area (Å²) >= 11 is 0. The lowest BCUT2D eigenvalue weighted by molar-refractivity contribution is -0.132. The maximum absolute atomic E-state index is 13.9. The van der Waals surface area contributed by atoms with Gasteiger partial charge in [-0.1, -0.05) is 38.1 Å². The van der Waals surface area contributed by atoms with Crippen LogP contribution in [0, 0.1) is 12.7 Å². The number of aliphatic hydroxyl groups is 1. The smallest absolute Gasteiger partial charge is 0.300 e. The van der Waals surface area contributed by atoms with Gasteiger partial charge in [-0.15, -0.1) is 0 Å². The molecule has 4 rings (SSSR count). The molecule has 0 aromatic heterocycles. The Bertz CT molecular complexity index is 1340. The average molecular weight is 501 g/mol. The summed E-state index contributed by atoms with van der Waals surface area (Å²) in [5.74, 6) is -1.90. The van der Waals surface area contributed by atoms with Gasteiger partial charge >= 0.3 is 0 Å². The van der Waals surface area contributed by atoms with E-state index in [1.54, 1.807) is 6.92 Å². The summed E-state index contributed by atoms with van der Waals surface area (Å²) in [5, 5.41) is 11.3. The van der Waals surface area contributed by atoms with Gasteiger partial charge in [-0.2, -0.15) is 0 Å². The van der Waals surface area contributed by atoms with Crippen LogP contribution in [0.4, 0.5) is 15.8 Å². The van der Waals surface area contributed by atoms with Crippen molar-refractivity contribution in [3.8, 4) is 0 Å². The van der Waals surface area contributed by atoms with Crippen LogP contribution in [0.3, 0.4) is 0 Å². The van der Waals surface area contributed by atoms with Crippen molar-refractivity contribution in [3.63, 3.8) is 0 Å². The highest BCUT2D eigenvalue weighted by Crippen LogP contribution is 2.42. The number of hydrogen-bond donors (Lipinski definition) is 1. The number of anilines is 2. The van der Waals surface area contributed by atoms with Crippen LogP contribution in [-0.2, 0) is 9.59 Å². The Balaban J connectivity index is 1.89. The van der Waals surface area contributed by atoms with Crippen LogP contribution in [0.1, 0.15) is 61.9 Å². The molecule has 1 N–H and O–H groups in total. The van der Waals surface area contributed by atoms with Crippen LogP contribution >= 0.6 is 0 Å². The number of carbonyl (C=O) groups excluding carboxylic acids is 2. The number of nitrogens with zero attached hydrogens (tertiary/aromatic N) is 2. The second kappa shape index (κ2) is 10.6. The molecule has 6 heteroatoms. The van der Waals surface area contributed by atoms with Crippen LogP contribution in [-0.4, -0.2) is 29.9 Å². The molecular weight excluding hydrogens is 467 g/mol. The zero-order valence-electron chi connectivity index (χ0n) is 22.0. The highest BCUT2D eigenvalue weighted by atomic mass is 19.1. The lowest BCUT2D eigenvalue weighted by Crippen LogP contribution is -2.29. The molecule has 1 atom stereocenters. The normalized spacial score (nSPS) is 17.1. The van der Waals surface area contributed by atoms with Gasteiger partial charge in [-0.05, 0) is 85.8 Å². The molecule has 5 nitrogen and oxygen atoms in total. The molecule has 1 aliphatic heterocycles. The van der Waals surface area contributed by atoms with E-state index in [-0.39, 0.29) is 16.9 Å². The number of amides is 1. The van der Waals surface area contributed by atoms with Gasteiger partial charge in [0.2, 0.25) is 0 Å². The number of aryl methyl sites for hydroxylation is 1. The van der Waals surface area contributed by atoms with Crippen LogP contribution < -0.4 is 9.80 Å². The summed E-state index contributed by atoms with van der Waals surface area (Å²) < 4.78 is 13.9. The van der Waals surface area contributed by atoms with Gasteiger partial charge in [0, 0.05) is 30.0 Å². The number of halogens is 1. The first-order chi connectivity index (χ1) is 17.7. The molecule has 0 radical (unpaired) electrons. The van der Waals surface area contributed by atoms with Crippen molar-refractivity contribution in [2.45, 2.75) is 46.6 Å². The number of benzene rings is 3. The van der Waals surface area contributed by atoms with Crippen molar-refractivity contribution in [1.82, 2.24) is 0 Å². The van der Waals surface area contributed by atoms with Crippen molar-refractivity contribution >= 4 is 28.8 Å². The van der Waals surface area contributed by atoms with E-state index in [2.05, 4.69) is 32.6 Å². The standard InChI is InChI=1S/C31H33FN2O3/c1-6-33(7-2)24-13-10-22(11-14-24)28-27(29(35)23-12-17-26(32)20(5)18-23)30(36)31(37)34(28)25-15-8-21(9-16-25)19(3)4/h8-19,28,35H,6-7H2,1-5H3/b29-27-. The molecular formula is C31H33FN2O3. The predicted octanol–water partition coefficient (Wildman–Crippen LogP) is 6.73. The molecule has 1 heterocycles. The van der Waals surface area contributed by atoms with Gasteiger partial charge in [0.25, 0.3) is 11.7 Å². The first-order valence-corrected chi connectivity index (χ1v) is 12.7. The van der Waals surface area contributed by atoms with E-state index < -0.39 is 23.5 Å². The van der Waals surface area contributed by atoms with E-state index in [0.717, 1.165) is 24.3 Å². The van der Waals surface area contributed by atoms with Gasteiger partial charge in [0.1, 0.15) is 11.6 Å². The van der Waals surface area contributed by atoms with Crippen LogP contribution in [0.25, 0.3) is 5.76 Å². The van der Waals surface area contributed by atoms with Crippen LogP contribution in [0.2, 0.25) is 0 Å². The Labute approximate surface area is 217 Å². The molecule has 3 aromatic rings. The third-order valence-electron chi connectivity index (χ3n) is 7.05. The second-order valence-corrected chi connectivity index (χ2v) is 9.64. The monoisotopic (exact) mass is 500 g/mol. The summed E-state index contributed by atoms with van der Waals surface area (Å²) in [5.41, 5.74) is 4.02. The van der Waals surface area contributed by atoms with Crippen molar-refractivity contribution in [2.75, 3.05) is 22.9 Å². The van der Waals surface area contributed by atoms with Gasteiger partial charge < -0.3 is 10.0 Å². The second-order valence-electron chi connectivity index (χ2n) is 9.64. The molecule has 0 saturated carbocycles. The lowest BCUT2D eigenvalue weighted by Gasteiger charge is -2.27. The molecule has 37 heavy (non-hydrogen) atoms. The summed E-state index contributed by atoms with van der Waals surface area (Å²) in [7, 11) is 0. The minimum atomic E-state index is -0.832. The van der Waals surface area contributed by atoms with E-state index in [1.165, 1.54) is 23.1 Å². The number of aliphatic hydroxyl groups excluding tert-OH is 1. The van der Waals surface area contributed by atoms with Crippen LogP contribution in [0.15, 0.2) is 72.3 Å².